The number of halogens is 3. The number of benzene rings is 3. The van der Waals surface area contributed by atoms with E-state index in [9.17, 15) is 22.4 Å². The minimum atomic E-state index is -3.30. The predicted octanol–water partition coefficient (Wildman–Crippen LogP) is 4.76. The van der Waals surface area contributed by atoms with Gasteiger partial charge < -0.3 is 15.5 Å². The van der Waals surface area contributed by atoms with Crippen molar-refractivity contribution in [3.05, 3.63) is 82.9 Å². The Morgan fingerprint density at radius 2 is 1.83 bits per heavy atom. The van der Waals surface area contributed by atoms with Crippen molar-refractivity contribution in [1.82, 2.24) is 5.32 Å². The number of urea groups is 1. The second-order valence-electron chi connectivity index (χ2n) is 8.45. The summed E-state index contributed by atoms with van der Waals surface area (Å²) in [5, 5.41) is 4.98. The van der Waals surface area contributed by atoms with Crippen LogP contribution >= 0.6 is 11.6 Å². The van der Waals surface area contributed by atoms with E-state index in [0.717, 1.165) is 12.3 Å². The third-order valence-corrected chi connectivity index (χ3v) is 6.75. The zero-order valence-corrected chi connectivity index (χ0v) is 20.7. The highest BCUT2D eigenvalue weighted by Gasteiger charge is 2.35. The van der Waals surface area contributed by atoms with Crippen LogP contribution in [-0.2, 0) is 20.4 Å². The van der Waals surface area contributed by atoms with Crippen LogP contribution in [0.4, 0.5) is 25.0 Å². The van der Waals surface area contributed by atoms with Crippen molar-refractivity contribution in [2.45, 2.75) is 18.2 Å². The minimum Gasteiger partial charge on any atom is -0.326 e. The number of sulfone groups is 1. The summed E-state index contributed by atoms with van der Waals surface area (Å²) in [6, 6.07) is 13.2. The van der Waals surface area contributed by atoms with Crippen molar-refractivity contribution in [2.75, 3.05) is 23.0 Å². The molecule has 188 valence electrons. The van der Waals surface area contributed by atoms with E-state index in [2.05, 4.69) is 10.6 Å². The van der Waals surface area contributed by atoms with E-state index in [1.807, 2.05) is 0 Å². The van der Waals surface area contributed by atoms with E-state index in [0.29, 0.717) is 16.7 Å². The Labute approximate surface area is 212 Å². The van der Waals surface area contributed by atoms with Crippen LogP contribution in [0.1, 0.15) is 12.0 Å². The average Bonchev–Trinajstić information content (AvgIpc) is 3.14. The molecule has 2 N–H and O–H groups in total. The van der Waals surface area contributed by atoms with Crippen molar-refractivity contribution in [3.63, 3.8) is 0 Å². The molecule has 11 heteroatoms. The minimum absolute atomic E-state index is 0.0396. The summed E-state index contributed by atoms with van der Waals surface area (Å²) in [5.41, 5.74) is 1.53. The van der Waals surface area contributed by atoms with Crippen molar-refractivity contribution in [1.29, 1.82) is 0 Å². The number of nitrogens with one attached hydrogen (secondary N) is 2. The smallest absolute Gasteiger partial charge is 0.319 e. The summed E-state index contributed by atoms with van der Waals surface area (Å²) in [7, 11) is -3.30. The van der Waals surface area contributed by atoms with Gasteiger partial charge in [-0.25, -0.2) is 22.0 Å². The molecule has 0 saturated carbocycles. The number of amides is 3. The van der Waals surface area contributed by atoms with Crippen LogP contribution in [0.3, 0.4) is 0 Å². The van der Waals surface area contributed by atoms with Gasteiger partial charge in [0.2, 0.25) is 5.91 Å². The number of rotatable bonds is 6. The van der Waals surface area contributed by atoms with E-state index in [1.165, 1.54) is 29.2 Å². The van der Waals surface area contributed by atoms with E-state index in [-0.39, 0.29) is 35.1 Å². The van der Waals surface area contributed by atoms with Gasteiger partial charge in [-0.15, -0.1) is 0 Å². The number of carbonyl (C=O) groups excluding carboxylic acids is 2. The molecule has 3 aromatic carbocycles. The van der Waals surface area contributed by atoms with E-state index in [1.54, 1.807) is 30.3 Å². The van der Waals surface area contributed by atoms with E-state index < -0.39 is 39.5 Å². The summed E-state index contributed by atoms with van der Waals surface area (Å²) in [6.07, 6.45) is 1.36. The molecule has 1 aliphatic rings. The van der Waals surface area contributed by atoms with Crippen LogP contribution in [0.15, 0.2) is 60.7 Å². The summed E-state index contributed by atoms with van der Waals surface area (Å²) < 4.78 is 52.6. The largest absolute Gasteiger partial charge is 0.326 e. The Hall–Kier alpha value is -3.50. The Bertz CT molecular complexity index is 1450. The molecule has 1 fully saturated rings. The van der Waals surface area contributed by atoms with Gasteiger partial charge in [-0.3, -0.25) is 4.79 Å². The number of hydrogen-bond acceptors (Lipinski definition) is 4. The molecule has 0 radical (unpaired) electrons. The van der Waals surface area contributed by atoms with Crippen LogP contribution < -0.4 is 15.5 Å². The Morgan fingerprint density at radius 1 is 1.08 bits per heavy atom. The molecule has 1 aliphatic heterocycles. The molecule has 0 bridgehead atoms. The Balaban J connectivity index is 1.48. The number of carbonyl (C=O) groups is 2. The van der Waals surface area contributed by atoms with Crippen molar-refractivity contribution in [3.8, 4) is 11.1 Å². The van der Waals surface area contributed by atoms with Gasteiger partial charge in [-0.05, 0) is 53.4 Å². The lowest BCUT2D eigenvalue weighted by molar-refractivity contribution is -0.118. The van der Waals surface area contributed by atoms with E-state index in [4.69, 9.17) is 11.6 Å². The molecular formula is C25H22ClF2N3O4S. The summed E-state index contributed by atoms with van der Waals surface area (Å²) in [5.74, 6) is -2.08. The maximum Gasteiger partial charge on any atom is 0.319 e. The first-order valence-corrected chi connectivity index (χ1v) is 13.3. The number of nitrogens with zero attached hydrogens (tertiary/aromatic N) is 1. The molecule has 7 nitrogen and oxygen atoms in total. The zero-order chi connectivity index (χ0) is 26.0. The number of hydrogen-bond donors (Lipinski definition) is 2. The van der Waals surface area contributed by atoms with Crippen LogP contribution in [0.25, 0.3) is 11.1 Å². The molecule has 36 heavy (non-hydrogen) atoms. The average molecular weight is 534 g/mol. The highest BCUT2D eigenvalue weighted by Crippen LogP contribution is 2.31. The summed E-state index contributed by atoms with van der Waals surface area (Å²) in [6.45, 7) is 0.167. The number of anilines is 2. The second kappa shape index (κ2) is 10.2. The SMILES string of the molecule is CS(=O)(=O)Cc1ccccc1-c1ccc(N2CC[C@@H](NC(=O)Nc3ccc(Cl)cc3F)C2=O)c(F)c1. The molecule has 0 aliphatic carbocycles. The normalized spacial score (nSPS) is 15.7. The van der Waals surface area contributed by atoms with Crippen molar-refractivity contribution < 1.29 is 26.8 Å². The van der Waals surface area contributed by atoms with E-state index >= 15 is 4.39 Å². The predicted molar refractivity (Wildman–Crippen MR) is 135 cm³/mol. The van der Waals surface area contributed by atoms with Crippen LogP contribution in [-0.4, -0.2) is 39.2 Å². The summed E-state index contributed by atoms with van der Waals surface area (Å²) in [4.78, 5) is 26.4. The fraction of sp³-hybridized carbons (Fsp3) is 0.200. The van der Waals surface area contributed by atoms with Crippen LogP contribution in [0.2, 0.25) is 5.02 Å². The fourth-order valence-corrected chi connectivity index (χ4v) is 5.04. The van der Waals surface area contributed by atoms with Crippen molar-refractivity contribution in [2.24, 2.45) is 0 Å². The first-order chi connectivity index (χ1) is 17.0. The molecule has 4 rings (SSSR count). The monoisotopic (exact) mass is 533 g/mol. The van der Waals surface area contributed by atoms with Gasteiger partial charge >= 0.3 is 6.03 Å². The first kappa shape index (κ1) is 25.6. The van der Waals surface area contributed by atoms with Gasteiger partial charge in [0.1, 0.15) is 17.7 Å². The van der Waals surface area contributed by atoms with Gasteiger partial charge in [-0.1, -0.05) is 41.9 Å². The molecular weight excluding hydrogens is 512 g/mol. The van der Waals surface area contributed by atoms with Gasteiger partial charge in [0.05, 0.1) is 17.1 Å². The lowest BCUT2D eigenvalue weighted by Crippen LogP contribution is -2.43. The third kappa shape index (κ3) is 5.83. The van der Waals surface area contributed by atoms with Crippen LogP contribution in [0.5, 0.6) is 0 Å². The lowest BCUT2D eigenvalue weighted by Gasteiger charge is -2.19. The van der Waals surface area contributed by atoms with Gasteiger partial charge in [0.25, 0.3) is 0 Å². The summed E-state index contributed by atoms with van der Waals surface area (Å²) >= 11 is 5.70. The molecule has 3 aromatic rings. The van der Waals surface area contributed by atoms with Crippen molar-refractivity contribution >= 4 is 44.8 Å². The topological polar surface area (TPSA) is 95.6 Å². The van der Waals surface area contributed by atoms with Gasteiger partial charge in [0.15, 0.2) is 9.84 Å². The molecule has 0 unspecified atom stereocenters. The molecule has 0 spiro atoms. The lowest BCUT2D eigenvalue weighted by atomic mass is 10.00. The maximum atomic E-state index is 15.1. The highest BCUT2D eigenvalue weighted by atomic mass is 35.5. The van der Waals surface area contributed by atoms with Gasteiger partial charge in [-0.2, -0.15) is 0 Å². The zero-order valence-electron chi connectivity index (χ0n) is 19.1. The van der Waals surface area contributed by atoms with Crippen LogP contribution in [0, 0.1) is 11.6 Å². The molecule has 1 heterocycles. The van der Waals surface area contributed by atoms with Gasteiger partial charge in [0, 0.05) is 17.8 Å². The first-order valence-electron chi connectivity index (χ1n) is 10.9. The molecule has 0 aromatic heterocycles. The fourth-order valence-electron chi connectivity index (χ4n) is 4.06. The maximum absolute atomic E-state index is 15.1. The second-order valence-corrected chi connectivity index (χ2v) is 11.0. The Kier molecular flexibility index (Phi) is 7.28. The standard InChI is InChI=1S/C25H22ClF2N3O4S/c1-36(34,35)14-16-4-2-3-5-18(16)15-6-9-23(20(28)12-15)31-11-10-22(24(31)32)30-25(33)29-21-8-7-17(26)13-19(21)27/h2-9,12-13,22H,10-11,14H2,1H3,(H2,29,30,33)/t22-/m1/s1. The molecule has 1 saturated heterocycles. The quantitative estimate of drug-likeness (QED) is 0.478. The highest BCUT2D eigenvalue weighted by molar-refractivity contribution is 7.89. The molecule has 3 amide bonds. The third-order valence-electron chi connectivity index (χ3n) is 5.67. The Morgan fingerprint density at radius 3 is 2.53 bits per heavy atom. The molecule has 1 atom stereocenters.